The van der Waals surface area contributed by atoms with Crippen molar-refractivity contribution in [2.24, 2.45) is 4.99 Å². The van der Waals surface area contributed by atoms with Gasteiger partial charge in [-0.25, -0.2) is 0 Å². The number of aromatic nitrogens is 1. The number of thiophene rings is 1. The molecule has 1 amide bonds. The van der Waals surface area contributed by atoms with Gasteiger partial charge in [-0.15, -0.1) is 16.3 Å². The summed E-state index contributed by atoms with van der Waals surface area (Å²) in [5.74, 6) is 0.526. The minimum absolute atomic E-state index is 0.161. The van der Waals surface area contributed by atoms with E-state index in [9.17, 15) is 10.1 Å². The molecule has 0 atom stereocenters. The molecule has 0 radical (unpaired) electrons. The van der Waals surface area contributed by atoms with Crippen LogP contribution in [0.25, 0.3) is 10.9 Å². The Hall–Kier alpha value is -4.46. The normalized spacial score (nSPS) is 15.7. The maximum absolute atomic E-state index is 13.4. The first-order valence-electron chi connectivity index (χ1n) is 13.4. The Morgan fingerprint density at radius 1 is 1.10 bits per heavy atom. The van der Waals surface area contributed by atoms with Gasteiger partial charge in [-0.2, -0.15) is 5.26 Å². The summed E-state index contributed by atoms with van der Waals surface area (Å²) in [5, 5.41) is 19.0. The lowest BCUT2D eigenvalue weighted by molar-refractivity contribution is 0.103. The lowest BCUT2D eigenvalue weighted by atomic mass is 10.1. The zero-order valence-electron chi connectivity index (χ0n) is 22.3. The van der Waals surface area contributed by atoms with E-state index in [2.05, 4.69) is 54.5 Å². The van der Waals surface area contributed by atoms with Crippen LogP contribution in [-0.2, 0) is 13.0 Å². The molecule has 2 aliphatic heterocycles. The third kappa shape index (κ3) is 5.21. The molecule has 0 saturated carbocycles. The SMILES string of the molecule is CN1CCN(/C(=N/C#N)N2CCc3ccc(NC(=O)c4sccc4NCc4ccnc5ccccc45)cc32)CC1. The predicted molar refractivity (Wildman–Crippen MR) is 161 cm³/mol. The fourth-order valence-electron chi connectivity index (χ4n) is 5.33. The molecule has 2 N–H and O–H groups in total. The standard InChI is InChI=1S/C30H30N8OS/c1-36-13-15-37(16-14-36)30(34-20-31)38-12-9-21-6-7-23(18-27(21)38)35-29(39)28-26(10-17-40-28)33-19-22-8-11-32-25-5-3-2-4-24(22)25/h2-8,10-11,17-18,33H,9,12-16,19H2,1H3,(H,35,39)/b34-30-. The number of likely N-dealkylation sites (N-methyl/N-ethyl adjacent to an activating group) is 1. The molecule has 40 heavy (non-hydrogen) atoms. The molecule has 4 heterocycles. The van der Waals surface area contributed by atoms with Crippen molar-refractivity contribution < 1.29 is 4.79 Å². The summed E-state index contributed by atoms with van der Waals surface area (Å²) < 4.78 is 0. The van der Waals surface area contributed by atoms with Gasteiger partial charge in [0.1, 0.15) is 4.88 Å². The van der Waals surface area contributed by atoms with E-state index in [0.717, 1.165) is 67.0 Å². The molecular formula is C30H30N8OS. The molecule has 2 aromatic carbocycles. The molecule has 6 rings (SSSR count). The molecule has 1 fully saturated rings. The number of piperazine rings is 1. The topological polar surface area (TPSA) is 99.9 Å². The third-order valence-electron chi connectivity index (χ3n) is 7.50. The number of aliphatic imine (C=N–C) groups is 1. The lowest BCUT2D eigenvalue weighted by Crippen LogP contribution is -2.52. The van der Waals surface area contributed by atoms with Crippen LogP contribution in [0.2, 0.25) is 0 Å². The number of rotatable bonds is 5. The van der Waals surface area contributed by atoms with Crippen LogP contribution < -0.4 is 15.5 Å². The van der Waals surface area contributed by atoms with Gasteiger partial charge in [0.25, 0.3) is 5.91 Å². The van der Waals surface area contributed by atoms with E-state index in [4.69, 9.17) is 0 Å². The van der Waals surface area contributed by atoms with Crippen molar-refractivity contribution in [2.75, 3.05) is 55.3 Å². The summed E-state index contributed by atoms with van der Waals surface area (Å²) in [6.07, 6.45) is 4.68. The molecule has 0 unspecified atom stereocenters. The van der Waals surface area contributed by atoms with Crippen molar-refractivity contribution in [3.63, 3.8) is 0 Å². The van der Waals surface area contributed by atoms with Crippen LogP contribution in [0.4, 0.5) is 17.1 Å². The molecule has 10 heteroatoms. The molecule has 0 aliphatic carbocycles. The Morgan fingerprint density at radius 2 is 1.95 bits per heavy atom. The molecule has 0 bridgehead atoms. The monoisotopic (exact) mass is 550 g/mol. The average Bonchev–Trinajstić information content (AvgIpc) is 3.62. The van der Waals surface area contributed by atoms with Crippen LogP contribution in [0.5, 0.6) is 0 Å². The van der Waals surface area contributed by atoms with Gasteiger partial charge < -0.3 is 25.3 Å². The first-order chi connectivity index (χ1) is 19.6. The summed E-state index contributed by atoms with van der Waals surface area (Å²) in [4.78, 5) is 29.2. The Morgan fingerprint density at radius 3 is 2.80 bits per heavy atom. The number of fused-ring (bicyclic) bond motifs is 2. The number of nitrogens with zero attached hydrogens (tertiary/aromatic N) is 6. The molecule has 202 valence electrons. The number of hydrogen-bond donors (Lipinski definition) is 2. The fraction of sp³-hybridized carbons (Fsp3) is 0.267. The second-order valence-electron chi connectivity index (χ2n) is 10.0. The quantitative estimate of drug-likeness (QED) is 0.213. The number of hydrogen-bond acceptors (Lipinski definition) is 7. The number of nitriles is 1. The van der Waals surface area contributed by atoms with Crippen LogP contribution in [-0.4, -0.2) is 66.4 Å². The zero-order valence-corrected chi connectivity index (χ0v) is 23.1. The lowest BCUT2D eigenvalue weighted by Gasteiger charge is -2.37. The summed E-state index contributed by atoms with van der Waals surface area (Å²) in [6.45, 7) is 4.83. The largest absolute Gasteiger partial charge is 0.380 e. The van der Waals surface area contributed by atoms with Crippen molar-refractivity contribution in [2.45, 2.75) is 13.0 Å². The number of carbonyl (C=O) groups is 1. The second-order valence-corrected chi connectivity index (χ2v) is 10.9. The number of benzene rings is 2. The summed E-state index contributed by atoms with van der Waals surface area (Å²) in [7, 11) is 2.11. The van der Waals surface area contributed by atoms with Gasteiger partial charge >= 0.3 is 0 Å². The molecule has 4 aromatic rings. The van der Waals surface area contributed by atoms with Gasteiger partial charge in [0.05, 0.1) is 11.2 Å². The molecule has 1 saturated heterocycles. The molecular weight excluding hydrogens is 520 g/mol. The maximum atomic E-state index is 13.4. The van der Waals surface area contributed by atoms with Crippen molar-refractivity contribution in [1.82, 2.24) is 14.8 Å². The van der Waals surface area contributed by atoms with Crippen molar-refractivity contribution in [3.8, 4) is 6.19 Å². The highest BCUT2D eigenvalue weighted by Gasteiger charge is 2.29. The van der Waals surface area contributed by atoms with E-state index >= 15 is 0 Å². The van der Waals surface area contributed by atoms with Crippen LogP contribution >= 0.6 is 11.3 Å². The average molecular weight is 551 g/mol. The first kappa shape index (κ1) is 25.8. The smallest absolute Gasteiger partial charge is 0.267 e. The van der Waals surface area contributed by atoms with Crippen LogP contribution in [0, 0.1) is 11.5 Å². The molecule has 2 aliphatic rings. The Bertz CT molecular complexity index is 1610. The van der Waals surface area contributed by atoms with E-state index in [-0.39, 0.29) is 5.91 Å². The minimum atomic E-state index is -0.161. The summed E-state index contributed by atoms with van der Waals surface area (Å²) >= 11 is 1.41. The van der Waals surface area contributed by atoms with E-state index in [1.807, 2.05) is 60.2 Å². The summed E-state index contributed by atoms with van der Waals surface area (Å²) in [6, 6.07) is 18.0. The Balaban J connectivity index is 1.18. The Labute approximate surface area is 237 Å². The highest BCUT2D eigenvalue weighted by atomic mass is 32.1. The van der Waals surface area contributed by atoms with Gasteiger partial charge in [-0.05, 0) is 60.3 Å². The number of guanidine groups is 1. The number of nitrogens with one attached hydrogen (secondary N) is 2. The maximum Gasteiger partial charge on any atom is 0.267 e. The zero-order chi connectivity index (χ0) is 27.5. The van der Waals surface area contributed by atoms with E-state index in [1.165, 1.54) is 16.9 Å². The van der Waals surface area contributed by atoms with Crippen LogP contribution in [0.3, 0.4) is 0 Å². The van der Waals surface area contributed by atoms with Gasteiger partial charge in [0.15, 0.2) is 0 Å². The van der Waals surface area contributed by atoms with Crippen LogP contribution in [0.1, 0.15) is 20.8 Å². The van der Waals surface area contributed by atoms with E-state index in [0.29, 0.717) is 23.1 Å². The van der Waals surface area contributed by atoms with Gasteiger partial charge in [-0.3, -0.25) is 9.78 Å². The fourth-order valence-corrected chi connectivity index (χ4v) is 6.09. The number of carbonyl (C=O) groups excluding carboxylic acids is 1. The molecule has 0 spiro atoms. The van der Waals surface area contributed by atoms with Gasteiger partial charge in [-0.1, -0.05) is 24.3 Å². The minimum Gasteiger partial charge on any atom is -0.380 e. The number of anilines is 3. The van der Waals surface area contributed by atoms with E-state index in [1.54, 1.807) is 0 Å². The highest BCUT2D eigenvalue weighted by Crippen LogP contribution is 2.33. The molecule has 9 nitrogen and oxygen atoms in total. The first-order valence-corrected chi connectivity index (χ1v) is 14.2. The third-order valence-corrected chi connectivity index (χ3v) is 8.41. The Kier molecular flexibility index (Phi) is 7.31. The second kappa shape index (κ2) is 11.3. The summed E-state index contributed by atoms with van der Waals surface area (Å²) in [5.41, 5.74) is 5.75. The van der Waals surface area contributed by atoms with Gasteiger partial charge in [0, 0.05) is 62.2 Å². The number of amides is 1. The van der Waals surface area contributed by atoms with Gasteiger partial charge in [0.2, 0.25) is 12.2 Å². The van der Waals surface area contributed by atoms with Crippen LogP contribution in [0.15, 0.2) is 71.2 Å². The van der Waals surface area contributed by atoms with E-state index < -0.39 is 0 Å². The number of para-hydroxylation sites is 1. The van der Waals surface area contributed by atoms with Crippen molar-refractivity contribution in [1.29, 1.82) is 5.26 Å². The van der Waals surface area contributed by atoms with Crippen molar-refractivity contribution >= 4 is 51.2 Å². The predicted octanol–water partition coefficient (Wildman–Crippen LogP) is 4.61. The van der Waals surface area contributed by atoms with Crippen molar-refractivity contribution in [3.05, 3.63) is 82.2 Å². The molecule has 2 aromatic heterocycles. The highest BCUT2D eigenvalue weighted by molar-refractivity contribution is 7.12. The number of pyridine rings is 1.